The second kappa shape index (κ2) is 9.21. The van der Waals surface area contributed by atoms with Crippen molar-refractivity contribution in [2.75, 3.05) is 18.1 Å². The number of amides is 1. The molecule has 0 radical (unpaired) electrons. The van der Waals surface area contributed by atoms with E-state index in [2.05, 4.69) is 4.98 Å². The number of halogens is 5. The largest absolute Gasteiger partial charge is 0.490 e. The van der Waals surface area contributed by atoms with E-state index >= 15 is 0 Å². The number of ether oxygens (including phenoxy) is 1. The fourth-order valence-corrected chi connectivity index (χ4v) is 5.23. The maximum Gasteiger partial charge on any atom is 0.433 e. The van der Waals surface area contributed by atoms with E-state index in [1.165, 1.54) is 6.07 Å². The van der Waals surface area contributed by atoms with Gasteiger partial charge in [-0.2, -0.15) is 13.2 Å². The number of hydrogen-bond acceptors (Lipinski definition) is 6. The van der Waals surface area contributed by atoms with Crippen LogP contribution in [0, 0.1) is 5.82 Å². The van der Waals surface area contributed by atoms with Gasteiger partial charge in [0.15, 0.2) is 0 Å². The first-order valence-electron chi connectivity index (χ1n) is 10.4. The molecule has 7 nitrogen and oxygen atoms in total. The predicted octanol–water partition coefficient (Wildman–Crippen LogP) is 4.16. The average molecular weight is 522 g/mol. The zero-order valence-electron chi connectivity index (χ0n) is 17.6. The van der Waals surface area contributed by atoms with Crippen molar-refractivity contribution in [2.45, 2.75) is 43.2 Å². The number of rotatable bonds is 7. The third-order valence-electron chi connectivity index (χ3n) is 5.64. The number of alkyl halides is 3. The Bertz CT molecular complexity index is 1190. The summed E-state index contributed by atoms with van der Waals surface area (Å²) in [5, 5.41) is -0.733. The van der Waals surface area contributed by atoms with Gasteiger partial charge in [0, 0.05) is 12.6 Å². The summed E-state index contributed by atoms with van der Waals surface area (Å²) in [6, 6.07) is 3.93. The number of sulfonamides is 1. The minimum atomic E-state index is -4.53. The van der Waals surface area contributed by atoms with Gasteiger partial charge in [-0.1, -0.05) is 11.6 Å². The van der Waals surface area contributed by atoms with Crippen LogP contribution >= 0.6 is 11.6 Å². The summed E-state index contributed by atoms with van der Waals surface area (Å²) in [6.07, 6.45) is -1.04. The SMILES string of the molecule is O=C(NS(=O)(=O)C1CC1)c1cc(Cl)c(OCC2CCCN2c2ccc(C(F)(F)F)nc2)cc1F. The lowest BCUT2D eigenvalue weighted by Gasteiger charge is -2.27. The molecule has 0 spiro atoms. The van der Waals surface area contributed by atoms with Crippen LogP contribution in [0.25, 0.3) is 0 Å². The van der Waals surface area contributed by atoms with Crippen LogP contribution in [0.4, 0.5) is 23.2 Å². The van der Waals surface area contributed by atoms with Crippen molar-refractivity contribution in [1.29, 1.82) is 0 Å². The molecular weight excluding hydrogens is 502 g/mol. The Balaban J connectivity index is 1.42. The van der Waals surface area contributed by atoms with Crippen LogP contribution in [0.1, 0.15) is 41.7 Å². The first-order chi connectivity index (χ1) is 16.0. The third kappa shape index (κ3) is 5.38. The molecule has 2 aromatic rings. The summed E-state index contributed by atoms with van der Waals surface area (Å²) in [7, 11) is -3.85. The molecule has 1 saturated heterocycles. The van der Waals surface area contributed by atoms with Crippen LogP contribution in [0.15, 0.2) is 30.5 Å². The van der Waals surface area contributed by atoms with Crippen molar-refractivity contribution in [3.8, 4) is 5.75 Å². The molecule has 13 heteroatoms. The molecule has 1 aromatic heterocycles. The second-order valence-corrected chi connectivity index (χ2v) is 10.5. The summed E-state index contributed by atoms with van der Waals surface area (Å²) in [5.41, 5.74) is -1.01. The van der Waals surface area contributed by atoms with Crippen LogP contribution in [-0.2, 0) is 16.2 Å². The lowest BCUT2D eigenvalue weighted by Crippen LogP contribution is -2.34. The molecule has 34 heavy (non-hydrogen) atoms. The van der Waals surface area contributed by atoms with Crippen LogP contribution in [0.2, 0.25) is 5.02 Å². The number of carbonyl (C=O) groups is 1. The topological polar surface area (TPSA) is 88.6 Å². The summed E-state index contributed by atoms with van der Waals surface area (Å²) in [5.74, 6) is -2.16. The van der Waals surface area contributed by atoms with Crippen molar-refractivity contribution in [3.05, 3.63) is 52.6 Å². The number of benzene rings is 1. The van der Waals surface area contributed by atoms with E-state index in [0.717, 1.165) is 30.8 Å². The number of hydrogen-bond donors (Lipinski definition) is 1. The van der Waals surface area contributed by atoms with E-state index in [-0.39, 0.29) is 23.4 Å². The van der Waals surface area contributed by atoms with Gasteiger partial charge in [-0.25, -0.2) is 22.5 Å². The van der Waals surface area contributed by atoms with E-state index in [1.807, 2.05) is 9.62 Å². The number of carbonyl (C=O) groups excluding carboxylic acids is 1. The highest BCUT2D eigenvalue weighted by Gasteiger charge is 2.37. The van der Waals surface area contributed by atoms with Gasteiger partial charge in [-0.15, -0.1) is 0 Å². The standard InChI is InChI=1S/C21H20ClF4N3O4S/c22-16-8-15(20(30)28-34(31,32)14-4-5-14)17(23)9-18(16)33-11-13-2-1-7-29(13)12-3-6-19(27-10-12)21(24,25)26/h3,6,8-10,13-14H,1-2,4-5,7,11H2,(H,28,30). The smallest absolute Gasteiger partial charge is 0.433 e. The third-order valence-corrected chi connectivity index (χ3v) is 7.76. The lowest BCUT2D eigenvalue weighted by molar-refractivity contribution is -0.141. The minimum Gasteiger partial charge on any atom is -0.490 e. The number of pyridine rings is 1. The van der Waals surface area contributed by atoms with Gasteiger partial charge in [0.1, 0.15) is 23.9 Å². The molecule has 0 bridgehead atoms. The zero-order valence-corrected chi connectivity index (χ0v) is 19.2. The van der Waals surface area contributed by atoms with Gasteiger partial charge < -0.3 is 9.64 Å². The summed E-state index contributed by atoms with van der Waals surface area (Å²) in [4.78, 5) is 17.5. The highest BCUT2D eigenvalue weighted by atomic mass is 35.5. The molecule has 1 aliphatic carbocycles. The van der Waals surface area contributed by atoms with Crippen LogP contribution in [-0.4, -0.2) is 43.8 Å². The van der Waals surface area contributed by atoms with Crippen molar-refractivity contribution in [1.82, 2.24) is 9.71 Å². The lowest BCUT2D eigenvalue weighted by atomic mass is 10.2. The van der Waals surface area contributed by atoms with Gasteiger partial charge >= 0.3 is 6.18 Å². The van der Waals surface area contributed by atoms with Crippen molar-refractivity contribution in [2.24, 2.45) is 0 Å². The molecule has 1 unspecified atom stereocenters. The average Bonchev–Trinajstić information content (AvgIpc) is 3.53. The van der Waals surface area contributed by atoms with Gasteiger partial charge in [0.2, 0.25) is 10.0 Å². The van der Waals surface area contributed by atoms with Crippen molar-refractivity contribution >= 4 is 33.2 Å². The molecule has 2 fully saturated rings. The number of nitrogens with zero attached hydrogens (tertiary/aromatic N) is 2. The van der Waals surface area contributed by atoms with E-state index < -0.39 is 44.4 Å². The zero-order chi connectivity index (χ0) is 24.7. The molecule has 4 rings (SSSR count). The van der Waals surface area contributed by atoms with Crippen LogP contribution in [0.3, 0.4) is 0 Å². The maximum absolute atomic E-state index is 14.5. The Morgan fingerprint density at radius 3 is 2.59 bits per heavy atom. The quantitative estimate of drug-likeness (QED) is 0.550. The fourth-order valence-electron chi connectivity index (χ4n) is 3.72. The molecule has 1 atom stereocenters. The van der Waals surface area contributed by atoms with Crippen LogP contribution < -0.4 is 14.4 Å². The van der Waals surface area contributed by atoms with Gasteiger partial charge in [0.25, 0.3) is 5.91 Å². The maximum atomic E-state index is 14.5. The molecular formula is C21H20ClF4N3O4S. The molecule has 1 aliphatic heterocycles. The second-order valence-electron chi connectivity index (χ2n) is 8.14. The number of anilines is 1. The molecule has 1 saturated carbocycles. The van der Waals surface area contributed by atoms with Gasteiger partial charge in [-0.05, 0) is 43.9 Å². The molecule has 184 valence electrons. The molecule has 2 heterocycles. The number of aromatic nitrogens is 1. The molecule has 2 aliphatic rings. The Morgan fingerprint density at radius 1 is 1.24 bits per heavy atom. The van der Waals surface area contributed by atoms with E-state index in [9.17, 15) is 30.8 Å². The predicted molar refractivity (Wildman–Crippen MR) is 116 cm³/mol. The summed E-state index contributed by atoms with van der Waals surface area (Å²) in [6.45, 7) is 0.638. The normalized spacial score (nSPS) is 18.7. The molecule has 1 N–H and O–H groups in total. The summed E-state index contributed by atoms with van der Waals surface area (Å²) >= 11 is 6.14. The monoisotopic (exact) mass is 521 g/mol. The van der Waals surface area contributed by atoms with E-state index in [4.69, 9.17) is 16.3 Å². The first kappa shape index (κ1) is 24.5. The number of nitrogens with one attached hydrogen (secondary N) is 1. The van der Waals surface area contributed by atoms with Gasteiger partial charge in [0.05, 0.1) is 33.8 Å². The van der Waals surface area contributed by atoms with E-state index in [1.54, 1.807) is 0 Å². The van der Waals surface area contributed by atoms with Crippen LogP contribution in [0.5, 0.6) is 5.75 Å². The first-order valence-corrected chi connectivity index (χ1v) is 12.4. The van der Waals surface area contributed by atoms with E-state index in [0.29, 0.717) is 31.5 Å². The Morgan fingerprint density at radius 2 is 1.97 bits per heavy atom. The Hall–Kier alpha value is -2.60. The Kier molecular flexibility index (Phi) is 6.65. The highest BCUT2D eigenvalue weighted by molar-refractivity contribution is 7.91. The molecule has 1 amide bonds. The van der Waals surface area contributed by atoms with Crippen molar-refractivity contribution in [3.63, 3.8) is 0 Å². The molecule has 1 aromatic carbocycles. The minimum absolute atomic E-state index is 0.0434. The van der Waals surface area contributed by atoms with Gasteiger partial charge in [-0.3, -0.25) is 4.79 Å². The fraction of sp³-hybridized carbons (Fsp3) is 0.429. The Labute approximate surface area is 198 Å². The summed E-state index contributed by atoms with van der Waals surface area (Å²) < 4.78 is 84.2. The highest BCUT2D eigenvalue weighted by Crippen LogP contribution is 2.33. The van der Waals surface area contributed by atoms with Crippen molar-refractivity contribution < 1.29 is 35.5 Å².